The first-order chi connectivity index (χ1) is 6.95. The Balaban J connectivity index is 3.23. The second kappa shape index (κ2) is 3.09. The van der Waals surface area contributed by atoms with Gasteiger partial charge >= 0.3 is 92.8 Å². The number of fused-ring (bicyclic) bond motifs is 1. The van der Waals surface area contributed by atoms with E-state index in [0.717, 1.165) is 4.57 Å². The first kappa shape index (κ1) is 10.2. The molecule has 2 aromatic rings. The third-order valence-corrected chi connectivity index (χ3v) is 3.00. The summed E-state index contributed by atoms with van der Waals surface area (Å²) in [6.45, 7) is 0. The van der Waals surface area contributed by atoms with Crippen LogP contribution in [0.5, 0.6) is 0 Å². The van der Waals surface area contributed by atoms with Crippen molar-refractivity contribution in [2.45, 2.75) is 0 Å². The Morgan fingerprint density at radius 3 is 2.27 bits per heavy atom. The van der Waals surface area contributed by atoms with Crippen LogP contribution in [-0.4, -0.2) is 18.7 Å². The summed E-state index contributed by atoms with van der Waals surface area (Å²) in [5, 5.41) is 0. The van der Waals surface area contributed by atoms with Crippen molar-refractivity contribution in [3.8, 4) is 0 Å². The number of aromatic nitrogens is 4. The Hall–Kier alpha value is -1.32. The average Bonchev–Trinajstić information content (AvgIpc) is 2.50. The minimum absolute atomic E-state index is 0.329. The van der Waals surface area contributed by atoms with E-state index in [1.165, 1.54) is 11.6 Å². The monoisotopic (exact) mass is 245 g/mol. The summed E-state index contributed by atoms with van der Waals surface area (Å²) in [4.78, 5) is 27.5. The second-order valence-electron chi connectivity index (χ2n) is 3.33. The van der Waals surface area contributed by atoms with Gasteiger partial charge in [0.05, 0.1) is 0 Å². The molecule has 0 atom stereocenters. The zero-order valence-electron chi connectivity index (χ0n) is 8.51. The summed E-state index contributed by atoms with van der Waals surface area (Å²) in [5.74, 6) is 0. The molecule has 15 heavy (non-hydrogen) atoms. The molecule has 0 aliphatic heterocycles. The van der Waals surface area contributed by atoms with Crippen molar-refractivity contribution in [2.75, 3.05) is 0 Å². The maximum atomic E-state index is 11.8. The molecule has 2 aromatic heterocycles. The Kier molecular flexibility index (Phi) is 2.10. The first-order valence-corrected chi connectivity index (χ1v) is 4.88. The van der Waals surface area contributed by atoms with Crippen LogP contribution in [0.3, 0.4) is 0 Å². The molecule has 6 nitrogen and oxygen atoms in total. The van der Waals surface area contributed by atoms with Gasteiger partial charge in [-0.05, 0) is 0 Å². The average molecular weight is 245 g/mol. The molecular formula is C8H9CrN4O2. The maximum absolute atomic E-state index is 11.8. The molecule has 0 saturated heterocycles. The molecule has 0 aromatic carbocycles. The van der Waals surface area contributed by atoms with E-state index in [0.29, 0.717) is 15.9 Å². The van der Waals surface area contributed by atoms with Crippen molar-refractivity contribution in [3.05, 3.63) is 20.8 Å². The molecule has 0 aliphatic carbocycles. The van der Waals surface area contributed by atoms with E-state index in [2.05, 4.69) is 21.3 Å². The van der Waals surface area contributed by atoms with Gasteiger partial charge in [0, 0.05) is 0 Å². The van der Waals surface area contributed by atoms with Gasteiger partial charge in [-0.25, -0.2) is 0 Å². The zero-order chi connectivity index (χ0) is 11.3. The number of aryl methyl sites for hydroxylation is 2. The third-order valence-electron chi connectivity index (χ3n) is 2.43. The summed E-state index contributed by atoms with van der Waals surface area (Å²) in [6.07, 6.45) is 0. The number of hydrogen-bond donors (Lipinski definition) is 0. The summed E-state index contributed by atoms with van der Waals surface area (Å²) in [7, 11) is 4.78. The zero-order valence-corrected chi connectivity index (χ0v) is 9.79. The van der Waals surface area contributed by atoms with E-state index < -0.39 is 0 Å². The van der Waals surface area contributed by atoms with Crippen LogP contribution in [0.1, 0.15) is 0 Å². The van der Waals surface area contributed by atoms with Crippen LogP contribution in [0.4, 0.5) is 0 Å². The number of rotatable bonds is 0. The predicted molar refractivity (Wildman–Crippen MR) is 50.8 cm³/mol. The van der Waals surface area contributed by atoms with Crippen molar-refractivity contribution in [1.29, 1.82) is 0 Å². The van der Waals surface area contributed by atoms with Crippen molar-refractivity contribution >= 4 is 15.9 Å². The SMILES string of the molecule is Cn1c(=O)c2c(n[c]([Cr])n2C)n(C)c1=O. The van der Waals surface area contributed by atoms with Gasteiger partial charge in [-0.2, -0.15) is 0 Å². The second-order valence-corrected chi connectivity index (χ2v) is 3.90. The van der Waals surface area contributed by atoms with Crippen LogP contribution in [0, 0.1) is 0 Å². The van der Waals surface area contributed by atoms with Crippen LogP contribution < -0.4 is 15.9 Å². The van der Waals surface area contributed by atoms with Gasteiger partial charge in [0.2, 0.25) is 0 Å². The molecule has 0 bridgehead atoms. The van der Waals surface area contributed by atoms with E-state index >= 15 is 0 Å². The van der Waals surface area contributed by atoms with Crippen molar-refractivity contribution in [3.63, 3.8) is 0 Å². The third kappa shape index (κ3) is 1.20. The van der Waals surface area contributed by atoms with Crippen LogP contribution in [0.15, 0.2) is 9.59 Å². The van der Waals surface area contributed by atoms with Gasteiger partial charge in [0.15, 0.2) is 0 Å². The summed E-state index contributed by atoms with van der Waals surface area (Å²) in [5.41, 5.74) is 0.128. The predicted octanol–water partition coefficient (Wildman–Crippen LogP) is -1.86. The van der Waals surface area contributed by atoms with E-state index in [9.17, 15) is 9.59 Å². The van der Waals surface area contributed by atoms with Gasteiger partial charge in [-0.15, -0.1) is 0 Å². The van der Waals surface area contributed by atoms with Gasteiger partial charge in [-0.3, -0.25) is 0 Å². The van der Waals surface area contributed by atoms with Gasteiger partial charge in [0.1, 0.15) is 0 Å². The van der Waals surface area contributed by atoms with Gasteiger partial charge < -0.3 is 0 Å². The van der Waals surface area contributed by atoms with Crippen LogP contribution in [0.25, 0.3) is 11.2 Å². The Labute approximate surface area is 93.2 Å². The number of nitrogens with zero attached hydrogens (tertiary/aromatic N) is 4. The van der Waals surface area contributed by atoms with Crippen LogP contribution >= 0.6 is 0 Å². The summed E-state index contributed by atoms with van der Waals surface area (Å²) in [6, 6.07) is 0. The first-order valence-electron chi connectivity index (χ1n) is 4.24. The standard InChI is InChI=1S/C8H9N4O2.Cr/c1-10-4-9-6-5(10)7(13)12(3)8(14)11(6)2;/h1-3H3;. The molecule has 79 valence electrons. The molecule has 0 amide bonds. The Bertz CT molecular complexity index is 664. The van der Waals surface area contributed by atoms with E-state index in [4.69, 9.17) is 0 Å². The number of imidazole rings is 1. The molecule has 0 saturated carbocycles. The van der Waals surface area contributed by atoms with Gasteiger partial charge in [-0.1, -0.05) is 0 Å². The molecule has 0 spiro atoms. The molecule has 2 rings (SSSR count). The Morgan fingerprint density at radius 1 is 1.07 bits per heavy atom. The fraction of sp³-hybridized carbons (Fsp3) is 0.375. The van der Waals surface area contributed by atoms with Crippen molar-refractivity contribution in [2.24, 2.45) is 21.1 Å². The molecule has 0 N–H and O–H groups in total. The Morgan fingerprint density at radius 2 is 1.67 bits per heavy atom. The molecular weight excluding hydrogens is 236 g/mol. The van der Waals surface area contributed by atoms with E-state index in [1.54, 1.807) is 18.7 Å². The van der Waals surface area contributed by atoms with Crippen molar-refractivity contribution < 1.29 is 16.3 Å². The number of hydrogen-bond acceptors (Lipinski definition) is 3. The topological polar surface area (TPSA) is 61.8 Å². The minimum atomic E-state index is -0.370. The summed E-state index contributed by atoms with van der Waals surface area (Å²) >= 11 is 2.74. The molecule has 0 fully saturated rings. The summed E-state index contributed by atoms with van der Waals surface area (Å²) < 4.78 is 4.65. The molecule has 0 radical (unpaired) electrons. The van der Waals surface area contributed by atoms with Gasteiger partial charge in [0.25, 0.3) is 0 Å². The van der Waals surface area contributed by atoms with Crippen molar-refractivity contribution in [1.82, 2.24) is 18.7 Å². The quantitative estimate of drug-likeness (QED) is 0.547. The van der Waals surface area contributed by atoms with Crippen LogP contribution in [0.2, 0.25) is 0 Å². The fourth-order valence-corrected chi connectivity index (χ4v) is 1.78. The molecule has 2 heterocycles. The van der Waals surface area contributed by atoms with E-state index in [-0.39, 0.29) is 11.2 Å². The fourth-order valence-electron chi connectivity index (χ4n) is 1.50. The molecule has 0 unspecified atom stereocenters. The van der Waals surface area contributed by atoms with Crippen LogP contribution in [-0.2, 0) is 37.4 Å². The molecule has 0 aliphatic rings. The molecule has 7 heteroatoms. The van der Waals surface area contributed by atoms with E-state index in [1.807, 2.05) is 0 Å². The normalized spacial score (nSPS) is 11.1.